The van der Waals surface area contributed by atoms with E-state index in [-0.39, 0.29) is 30.2 Å². The van der Waals surface area contributed by atoms with Crippen molar-refractivity contribution in [3.05, 3.63) is 35.4 Å². The second-order valence-corrected chi connectivity index (χ2v) is 7.15. The number of carbonyl (C=O) groups is 3. The Kier molecular flexibility index (Phi) is 4.20. The van der Waals surface area contributed by atoms with Crippen molar-refractivity contribution < 1.29 is 14.4 Å². The fourth-order valence-corrected chi connectivity index (χ4v) is 4.01. The van der Waals surface area contributed by atoms with Crippen LogP contribution in [0.4, 0.5) is 4.79 Å². The average Bonchev–Trinajstić information content (AvgIpc) is 3.16. The van der Waals surface area contributed by atoms with Crippen LogP contribution in [0, 0.1) is 12.8 Å². The summed E-state index contributed by atoms with van der Waals surface area (Å²) in [4.78, 5) is 40.8. The van der Waals surface area contributed by atoms with Crippen LogP contribution in [0.3, 0.4) is 0 Å². The van der Waals surface area contributed by atoms with Crippen LogP contribution in [-0.4, -0.2) is 46.7 Å². The van der Waals surface area contributed by atoms with E-state index in [0.717, 1.165) is 36.1 Å². The van der Waals surface area contributed by atoms with E-state index in [1.807, 2.05) is 26.0 Å². The van der Waals surface area contributed by atoms with E-state index in [1.165, 1.54) is 4.90 Å². The Morgan fingerprint density at radius 3 is 2.54 bits per heavy atom. The van der Waals surface area contributed by atoms with Gasteiger partial charge in [0.1, 0.15) is 5.54 Å². The molecule has 0 radical (unpaired) electrons. The molecule has 0 aromatic heterocycles. The van der Waals surface area contributed by atoms with Gasteiger partial charge >= 0.3 is 6.03 Å². The van der Waals surface area contributed by atoms with Crippen LogP contribution in [-0.2, 0) is 4.79 Å². The molecule has 0 spiro atoms. The monoisotopic (exact) mass is 328 g/mol. The number of amides is 3. The van der Waals surface area contributed by atoms with Crippen molar-refractivity contribution in [2.75, 3.05) is 13.6 Å². The predicted molar refractivity (Wildman–Crippen MR) is 90.7 cm³/mol. The first-order valence-corrected chi connectivity index (χ1v) is 8.55. The Bertz CT molecular complexity index is 694. The largest absolute Gasteiger partial charge is 0.327 e. The van der Waals surface area contributed by atoms with Crippen LogP contribution < -0.4 is 0 Å². The molecule has 5 nitrogen and oxygen atoms in total. The highest BCUT2D eigenvalue weighted by atomic mass is 16.2. The zero-order chi connectivity index (χ0) is 17.5. The second-order valence-electron chi connectivity index (χ2n) is 7.15. The van der Waals surface area contributed by atoms with Crippen molar-refractivity contribution in [1.29, 1.82) is 0 Å². The number of aryl methyl sites for hydroxylation is 1. The van der Waals surface area contributed by atoms with Crippen LogP contribution in [0.2, 0.25) is 0 Å². The van der Waals surface area contributed by atoms with Gasteiger partial charge in [-0.3, -0.25) is 14.5 Å². The minimum Gasteiger partial charge on any atom is -0.313 e. The Labute approximate surface area is 142 Å². The lowest BCUT2D eigenvalue weighted by Gasteiger charge is -2.34. The molecule has 2 fully saturated rings. The van der Waals surface area contributed by atoms with Gasteiger partial charge < -0.3 is 4.90 Å². The van der Waals surface area contributed by atoms with Gasteiger partial charge in [0.2, 0.25) is 0 Å². The summed E-state index contributed by atoms with van der Waals surface area (Å²) in [5.41, 5.74) is 0.695. The average molecular weight is 328 g/mol. The summed E-state index contributed by atoms with van der Waals surface area (Å²) in [6, 6.07) is 6.86. The van der Waals surface area contributed by atoms with E-state index in [9.17, 15) is 14.4 Å². The molecule has 2 aliphatic rings. The summed E-state index contributed by atoms with van der Waals surface area (Å²) in [6.07, 6.45) is 4.11. The molecule has 24 heavy (non-hydrogen) atoms. The van der Waals surface area contributed by atoms with Gasteiger partial charge in [0.05, 0.1) is 6.54 Å². The SMILES string of the molecule is Cc1cccc(C(=O)CN2C(=O)N(C)C(C)(C3CCCC3)C2=O)c1. The topological polar surface area (TPSA) is 57.7 Å². The number of benzene rings is 1. The Balaban J connectivity index is 1.82. The lowest BCUT2D eigenvalue weighted by Crippen LogP contribution is -2.50. The number of hydrogen-bond donors (Lipinski definition) is 0. The van der Waals surface area contributed by atoms with Crippen molar-refractivity contribution in [3.8, 4) is 0 Å². The minimum absolute atomic E-state index is 0.179. The summed E-state index contributed by atoms with van der Waals surface area (Å²) >= 11 is 0. The van der Waals surface area contributed by atoms with Gasteiger partial charge in [-0.25, -0.2) is 4.79 Å². The fraction of sp³-hybridized carbons (Fsp3) is 0.526. The van der Waals surface area contributed by atoms with Crippen LogP contribution in [0.5, 0.6) is 0 Å². The molecular weight excluding hydrogens is 304 g/mol. The van der Waals surface area contributed by atoms with E-state index in [2.05, 4.69) is 0 Å². The molecule has 1 heterocycles. The maximum Gasteiger partial charge on any atom is 0.327 e. The number of Topliss-reactive ketones (excluding diaryl/α,β-unsaturated/α-hetero) is 1. The molecule has 0 bridgehead atoms. The first-order chi connectivity index (χ1) is 11.4. The molecule has 1 saturated carbocycles. The number of imide groups is 1. The third-order valence-corrected chi connectivity index (χ3v) is 5.68. The van der Waals surface area contributed by atoms with E-state index < -0.39 is 5.54 Å². The number of urea groups is 1. The fourth-order valence-electron chi connectivity index (χ4n) is 4.01. The summed E-state index contributed by atoms with van der Waals surface area (Å²) in [7, 11) is 1.68. The molecule has 1 aliphatic heterocycles. The molecule has 1 atom stereocenters. The molecule has 128 valence electrons. The molecule has 0 N–H and O–H groups in total. The number of likely N-dealkylation sites (N-methyl/N-ethyl adjacent to an activating group) is 1. The third kappa shape index (κ3) is 2.52. The molecular formula is C19H24N2O3. The van der Waals surface area contributed by atoms with Gasteiger partial charge in [0.25, 0.3) is 5.91 Å². The number of ketones is 1. The normalized spacial score (nSPS) is 25.0. The molecule has 5 heteroatoms. The van der Waals surface area contributed by atoms with Crippen molar-refractivity contribution in [2.24, 2.45) is 5.92 Å². The quantitative estimate of drug-likeness (QED) is 0.630. The highest BCUT2D eigenvalue weighted by Crippen LogP contribution is 2.41. The van der Waals surface area contributed by atoms with Crippen molar-refractivity contribution >= 4 is 17.7 Å². The Morgan fingerprint density at radius 2 is 1.92 bits per heavy atom. The van der Waals surface area contributed by atoms with Gasteiger partial charge in [-0.15, -0.1) is 0 Å². The standard InChI is InChI=1S/C19H24N2O3/c1-13-7-6-8-14(11-13)16(22)12-21-17(23)19(2,20(3)18(21)24)15-9-4-5-10-15/h6-8,11,15H,4-5,9-10,12H2,1-3H3. The first-order valence-electron chi connectivity index (χ1n) is 8.55. The lowest BCUT2D eigenvalue weighted by molar-refractivity contribution is -0.134. The molecule has 1 aromatic rings. The predicted octanol–water partition coefficient (Wildman–Crippen LogP) is 3.02. The Hall–Kier alpha value is -2.17. The van der Waals surface area contributed by atoms with E-state index >= 15 is 0 Å². The maximum atomic E-state index is 13.0. The zero-order valence-electron chi connectivity index (χ0n) is 14.5. The van der Waals surface area contributed by atoms with Gasteiger partial charge in [-0.05, 0) is 38.7 Å². The molecule has 3 rings (SSSR count). The number of hydrogen-bond acceptors (Lipinski definition) is 3. The van der Waals surface area contributed by atoms with E-state index in [1.54, 1.807) is 19.2 Å². The van der Waals surface area contributed by atoms with Crippen molar-refractivity contribution in [1.82, 2.24) is 9.80 Å². The molecule has 1 aliphatic carbocycles. The summed E-state index contributed by atoms with van der Waals surface area (Å²) in [6.45, 7) is 3.57. The van der Waals surface area contributed by atoms with Crippen molar-refractivity contribution in [3.63, 3.8) is 0 Å². The van der Waals surface area contributed by atoms with Gasteiger partial charge in [-0.1, -0.05) is 36.6 Å². The maximum absolute atomic E-state index is 13.0. The summed E-state index contributed by atoms with van der Waals surface area (Å²) in [5.74, 6) is -0.259. The Morgan fingerprint density at radius 1 is 1.25 bits per heavy atom. The molecule has 1 unspecified atom stereocenters. The van der Waals surface area contributed by atoms with Gasteiger partial charge in [-0.2, -0.15) is 0 Å². The molecule has 1 aromatic carbocycles. The lowest BCUT2D eigenvalue weighted by atomic mass is 9.83. The third-order valence-electron chi connectivity index (χ3n) is 5.68. The summed E-state index contributed by atoms with van der Waals surface area (Å²) < 4.78 is 0. The minimum atomic E-state index is -0.819. The number of nitrogens with zero attached hydrogens (tertiary/aromatic N) is 2. The molecule has 3 amide bonds. The second kappa shape index (κ2) is 6.04. The van der Waals surface area contributed by atoms with Crippen LogP contribution in [0.25, 0.3) is 0 Å². The van der Waals surface area contributed by atoms with Crippen LogP contribution in [0.1, 0.15) is 48.5 Å². The van der Waals surface area contributed by atoms with E-state index in [0.29, 0.717) is 5.56 Å². The summed E-state index contributed by atoms with van der Waals surface area (Å²) in [5, 5.41) is 0. The highest BCUT2D eigenvalue weighted by Gasteiger charge is 2.57. The zero-order valence-corrected chi connectivity index (χ0v) is 14.5. The first kappa shape index (κ1) is 16.7. The highest BCUT2D eigenvalue weighted by molar-refractivity contribution is 6.11. The molecule has 1 saturated heterocycles. The smallest absolute Gasteiger partial charge is 0.313 e. The van der Waals surface area contributed by atoms with Crippen LogP contribution >= 0.6 is 0 Å². The van der Waals surface area contributed by atoms with Gasteiger partial charge in [0, 0.05) is 12.6 Å². The van der Waals surface area contributed by atoms with E-state index in [4.69, 9.17) is 0 Å². The van der Waals surface area contributed by atoms with Crippen LogP contribution in [0.15, 0.2) is 24.3 Å². The number of carbonyl (C=O) groups excluding carboxylic acids is 3. The van der Waals surface area contributed by atoms with Crippen molar-refractivity contribution in [2.45, 2.75) is 45.1 Å². The van der Waals surface area contributed by atoms with Gasteiger partial charge in [0.15, 0.2) is 5.78 Å². The number of rotatable bonds is 4.